The molecule has 1 heterocycles. The van der Waals surface area contributed by atoms with Crippen LogP contribution in [0.4, 0.5) is 0 Å². The van der Waals surface area contributed by atoms with Gasteiger partial charge in [0.25, 0.3) is 0 Å². The highest BCUT2D eigenvalue weighted by Crippen LogP contribution is 2.02. The summed E-state index contributed by atoms with van der Waals surface area (Å²) in [6.07, 6.45) is 3.70. The molecule has 1 aromatic heterocycles. The van der Waals surface area contributed by atoms with Crippen molar-refractivity contribution in [3.63, 3.8) is 0 Å². The Kier molecular flexibility index (Phi) is 2.65. The minimum Gasteiger partial charge on any atom is -0.428 e. The molecule has 1 rings (SSSR count). The lowest BCUT2D eigenvalue weighted by Crippen LogP contribution is -1.94. The highest BCUT2D eigenvalue weighted by Gasteiger charge is 1.91. The Hall–Kier alpha value is -0.830. The van der Waals surface area contributed by atoms with E-state index in [1.807, 2.05) is 12.1 Å². The van der Waals surface area contributed by atoms with Crippen molar-refractivity contribution in [2.75, 3.05) is 0 Å². The molecule has 0 aliphatic rings. The number of rotatable bonds is 2. The quantitative estimate of drug-likeness (QED) is 0.543. The molecule has 11 heavy (non-hydrogen) atoms. The van der Waals surface area contributed by atoms with E-state index in [9.17, 15) is 0 Å². The standard InChI is InChI=1S/C8H11NOS/c1-2-3-7-4-5-9(10)8(11)6-7/h4-6,10H,2-3H2,1H3. The molecule has 1 aromatic rings. The normalized spacial score (nSPS) is 9.91. The molecule has 0 spiro atoms. The van der Waals surface area contributed by atoms with E-state index in [-0.39, 0.29) is 0 Å². The zero-order chi connectivity index (χ0) is 8.27. The number of nitrogens with zero attached hydrogens (tertiary/aromatic N) is 1. The van der Waals surface area contributed by atoms with Crippen LogP contribution in [-0.2, 0) is 6.42 Å². The molecule has 0 atom stereocenters. The van der Waals surface area contributed by atoms with Crippen LogP contribution in [0.3, 0.4) is 0 Å². The third-order valence-corrected chi connectivity index (χ3v) is 1.81. The first kappa shape index (κ1) is 8.27. The van der Waals surface area contributed by atoms with Crippen molar-refractivity contribution in [2.24, 2.45) is 0 Å². The fourth-order valence-corrected chi connectivity index (χ4v) is 1.17. The maximum atomic E-state index is 9.02. The van der Waals surface area contributed by atoms with Crippen LogP contribution in [0, 0.1) is 4.64 Å². The monoisotopic (exact) mass is 169 g/mol. The lowest BCUT2D eigenvalue weighted by Gasteiger charge is -1.99. The van der Waals surface area contributed by atoms with Crippen molar-refractivity contribution in [3.05, 3.63) is 28.5 Å². The Morgan fingerprint density at radius 1 is 1.64 bits per heavy atom. The van der Waals surface area contributed by atoms with Gasteiger partial charge in [0.05, 0.1) is 0 Å². The summed E-state index contributed by atoms with van der Waals surface area (Å²) in [5.74, 6) is 0. The van der Waals surface area contributed by atoms with Gasteiger partial charge in [-0.3, -0.25) is 0 Å². The summed E-state index contributed by atoms with van der Waals surface area (Å²) in [7, 11) is 0. The Bertz CT molecular complexity index is 292. The maximum Gasteiger partial charge on any atom is 0.142 e. The summed E-state index contributed by atoms with van der Waals surface area (Å²) in [6.45, 7) is 2.11. The summed E-state index contributed by atoms with van der Waals surface area (Å²) >= 11 is 4.87. The summed E-state index contributed by atoms with van der Waals surface area (Å²) in [4.78, 5) is 0. The zero-order valence-corrected chi connectivity index (χ0v) is 7.27. The molecule has 60 valence electrons. The van der Waals surface area contributed by atoms with E-state index in [2.05, 4.69) is 6.92 Å². The fourth-order valence-electron chi connectivity index (χ4n) is 0.957. The summed E-state index contributed by atoms with van der Waals surface area (Å²) < 4.78 is 1.42. The third kappa shape index (κ3) is 2.05. The molecule has 0 aliphatic carbocycles. The van der Waals surface area contributed by atoms with Gasteiger partial charge in [0, 0.05) is 6.20 Å². The fraction of sp³-hybridized carbons (Fsp3) is 0.375. The van der Waals surface area contributed by atoms with E-state index in [1.165, 1.54) is 5.56 Å². The number of aromatic nitrogens is 1. The molecule has 0 fully saturated rings. The first-order valence-electron chi connectivity index (χ1n) is 3.65. The molecule has 0 aromatic carbocycles. The molecule has 0 unspecified atom stereocenters. The van der Waals surface area contributed by atoms with E-state index >= 15 is 0 Å². The average Bonchev–Trinajstić information content (AvgIpc) is 1.98. The van der Waals surface area contributed by atoms with E-state index in [1.54, 1.807) is 6.20 Å². The molecule has 1 N–H and O–H groups in total. The zero-order valence-electron chi connectivity index (χ0n) is 6.45. The van der Waals surface area contributed by atoms with Gasteiger partial charge in [0.1, 0.15) is 4.64 Å². The lowest BCUT2D eigenvalue weighted by atomic mass is 10.2. The van der Waals surface area contributed by atoms with Gasteiger partial charge < -0.3 is 5.21 Å². The van der Waals surface area contributed by atoms with Crippen LogP contribution >= 0.6 is 12.2 Å². The van der Waals surface area contributed by atoms with Gasteiger partial charge in [0.2, 0.25) is 0 Å². The van der Waals surface area contributed by atoms with Gasteiger partial charge in [-0.1, -0.05) is 25.6 Å². The van der Waals surface area contributed by atoms with Gasteiger partial charge in [-0.15, -0.1) is 0 Å². The van der Waals surface area contributed by atoms with Crippen LogP contribution in [-0.4, -0.2) is 9.94 Å². The van der Waals surface area contributed by atoms with E-state index < -0.39 is 0 Å². The Morgan fingerprint density at radius 3 is 2.91 bits per heavy atom. The minimum absolute atomic E-state index is 0.468. The van der Waals surface area contributed by atoms with Crippen LogP contribution < -0.4 is 0 Å². The second-order valence-corrected chi connectivity index (χ2v) is 2.89. The first-order valence-corrected chi connectivity index (χ1v) is 4.05. The van der Waals surface area contributed by atoms with Crippen molar-refractivity contribution in [3.8, 4) is 0 Å². The van der Waals surface area contributed by atoms with Gasteiger partial charge in [-0.2, -0.15) is 4.73 Å². The predicted octanol–water partition coefficient (Wildman–Crippen LogP) is 2.41. The average molecular weight is 169 g/mol. The molecule has 0 aliphatic heterocycles. The van der Waals surface area contributed by atoms with E-state index in [4.69, 9.17) is 17.4 Å². The molecule has 0 saturated heterocycles. The smallest absolute Gasteiger partial charge is 0.142 e. The number of hydrogen-bond donors (Lipinski definition) is 1. The third-order valence-electron chi connectivity index (χ3n) is 1.50. The maximum absolute atomic E-state index is 9.02. The minimum atomic E-state index is 0.468. The molecule has 0 radical (unpaired) electrons. The van der Waals surface area contributed by atoms with Crippen molar-refractivity contribution in [1.29, 1.82) is 0 Å². The van der Waals surface area contributed by atoms with Gasteiger partial charge in [-0.05, 0) is 24.1 Å². The second-order valence-electron chi connectivity index (χ2n) is 2.47. The van der Waals surface area contributed by atoms with Crippen LogP contribution in [0.2, 0.25) is 0 Å². The van der Waals surface area contributed by atoms with E-state index in [0.717, 1.165) is 17.6 Å². The Balaban J connectivity index is 2.96. The topological polar surface area (TPSA) is 25.2 Å². The van der Waals surface area contributed by atoms with Crippen LogP contribution in [0.1, 0.15) is 18.9 Å². The van der Waals surface area contributed by atoms with Crippen molar-refractivity contribution >= 4 is 12.2 Å². The highest BCUT2D eigenvalue weighted by molar-refractivity contribution is 7.71. The Labute approximate surface area is 71.1 Å². The van der Waals surface area contributed by atoms with Crippen molar-refractivity contribution in [2.45, 2.75) is 19.8 Å². The predicted molar refractivity (Wildman–Crippen MR) is 46.4 cm³/mol. The number of hydrogen-bond acceptors (Lipinski definition) is 2. The first-order chi connectivity index (χ1) is 5.24. The van der Waals surface area contributed by atoms with Crippen LogP contribution in [0.5, 0.6) is 0 Å². The number of pyridine rings is 1. The summed E-state index contributed by atoms with van der Waals surface area (Å²) in [5, 5.41) is 9.02. The largest absolute Gasteiger partial charge is 0.428 e. The molecule has 0 bridgehead atoms. The van der Waals surface area contributed by atoms with Gasteiger partial charge in [-0.25, -0.2) is 0 Å². The van der Waals surface area contributed by atoms with Gasteiger partial charge >= 0.3 is 0 Å². The van der Waals surface area contributed by atoms with Gasteiger partial charge in [0.15, 0.2) is 0 Å². The lowest BCUT2D eigenvalue weighted by molar-refractivity contribution is 0.180. The Morgan fingerprint density at radius 2 is 2.36 bits per heavy atom. The van der Waals surface area contributed by atoms with Crippen molar-refractivity contribution in [1.82, 2.24) is 4.73 Å². The summed E-state index contributed by atoms with van der Waals surface area (Å²) in [5.41, 5.74) is 1.18. The summed E-state index contributed by atoms with van der Waals surface area (Å²) in [6, 6.07) is 3.69. The highest BCUT2D eigenvalue weighted by atomic mass is 32.1. The molecular weight excluding hydrogens is 158 g/mol. The molecular formula is C8H11NOS. The van der Waals surface area contributed by atoms with Crippen LogP contribution in [0.25, 0.3) is 0 Å². The second kappa shape index (κ2) is 3.53. The van der Waals surface area contributed by atoms with E-state index in [0.29, 0.717) is 4.64 Å². The molecule has 2 nitrogen and oxygen atoms in total. The molecule has 3 heteroatoms. The molecule has 0 amide bonds. The SMILES string of the molecule is CCCc1ccn(O)c(=S)c1. The van der Waals surface area contributed by atoms with Crippen LogP contribution in [0.15, 0.2) is 18.3 Å². The number of aryl methyl sites for hydroxylation is 1. The van der Waals surface area contributed by atoms with Crippen molar-refractivity contribution < 1.29 is 5.21 Å². The molecule has 0 saturated carbocycles.